The maximum absolute atomic E-state index is 12.9. The molecular formula is C30H40LiN3O4. The number of urea groups is 1. The third-order valence-electron chi connectivity index (χ3n) is 8.28. The number of piperidine rings is 1. The number of carbonyl (C=O) groups excluding carboxylic acids is 2. The molecule has 4 rings (SSSR count). The summed E-state index contributed by atoms with van der Waals surface area (Å²) in [5.41, 5.74) is 0.102. The molecule has 2 aromatic rings. The molecule has 0 bridgehead atoms. The van der Waals surface area contributed by atoms with Crippen LogP contribution in [0.4, 0.5) is 4.79 Å². The van der Waals surface area contributed by atoms with Gasteiger partial charge in [0, 0.05) is 24.5 Å². The van der Waals surface area contributed by atoms with E-state index in [1.165, 1.54) is 0 Å². The number of rotatable bonds is 9. The van der Waals surface area contributed by atoms with E-state index in [9.17, 15) is 19.8 Å². The zero-order valence-electron chi connectivity index (χ0n) is 22.8. The number of hydrogen-bond acceptors (Lipinski definition) is 5. The number of carboxylic acid groups (broad SMARTS) is 1. The molecule has 2 aromatic carbocycles. The molecule has 1 aliphatic heterocycles. The molecule has 38 heavy (non-hydrogen) atoms. The van der Waals surface area contributed by atoms with Gasteiger partial charge in [0.25, 0.3) is 0 Å². The Kier molecular flexibility index (Phi) is 11.3. The van der Waals surface area contributed by atoms with Gasteiger partial charge in [0.1, 0.15) is 5.60 Å². The van der Waals surface area contributed by atoms with E-state index in [2.05, 4.69) is 15.5 Å². The number of nitrogens with zero attached hydrogens (tertiary/aromatic N) is 1. The maximum Gasteiger partial charge on any atom is 1.00 e. The fraction of sp³-hybridized carbons (Fsp3) is 0.533. The van der Waals surface area contributed by atoms with Crippen molar-refractivity contribution in [2.24, 2.45) is 11.8 Å². The number of hydrogen-bond donors (Lipinski definition) is 3. The summed E-state index contributed by atoms with van der Waals surface area (Å²) in [6.45, 7) is 4.34. The van der Waals surface area contributed by atoms with Crippen molar-refractivity contribution in [3.8, 4) is 0 Å². The van der Waals surface area contributed by atoms with Crippen LogP contribution in [-0.2, 0) is 10.4 Å². The quantitative estimate of drug-likeness (QED) is 0.411. The van der Waals surface area contributed by atoms with Gasteiger partial charge in [0.2, 0.25) is 0 Å². The Balaban J connectivity index is 0.00000400. The number of amides is 2. The smallest absolute Gasteiger partial charge is 0.550 e. The van der Waals surface area contributed by atoms with Crippen molar-refractivity contribution < 1.29 is 38.7 Å². The second kappa shape index (κ2) is 14.2. The van der Waals surface area contributed by atoms with E-state index in [-0.39, 0.29) is 36.9 Å². The van der Waals surface area contributed by atoms with Gasteiger partial charge >= 0.3 is 24.9 Å². The van der Waals surface area contributed by atoms with Crippen LogP contribution in [0.25, 0.3) is 0 Å². The number of benzene rings is 2. The van der Waals surface area contributed by atoms with Gasteiger partial charge < -0.3 is 30.5 Å². The summed E-state index contributed by atoms with van der Waals surface area (Å²) in [5.74, 6) is -0.657. The summed E-state index contributed by atoms with van der Waals surface area (Å²) in [6, 6.07) is 18.2. The fourth-order valence-electron chi connectivity index (χ4n) is 5.99. The first-order valence-electron chi connectivity index (χ1n) is 13.7. The van der Waals surface area contributed by atoms with E-state index >= 15 is 0 Å². The minimum atomic E-state index is -1.36. The van der Waals surface area contributed by atoms with Crippen LogP contribution >= 0.6 is 0 Å². The Morgan fingerprint density at radius 3 is 2.13 bits per heavy atom. The largest absolute Gasteiger partial charge is 1.00 e. The average Bonchev–Trinajstić information content (AvgIpc) is 2.93. The van der Waals surface area contributed by atoms with Crippen LogP contribution in [0.3, 0.4) is 0 Å². The van der Waals surface area contributed by atoms with E-state index < -0.39 is 17.6 Å². The second-order valence-electron chi connectivity index (χ2n) is 10.8. The number of aliphatic carboxylic acids is 1. The number of nitrogens with one attached hydrogen (secondary N) is 2. The summed E-state index contributed by atoms with van der Waals surface area (Å²) < 4.78 is 0. The van der Waals surface area contributed by atoms with Gasteiger partial charge in [-0.15, -0.1) is 0 Å². The number of aliphatic hydroxyl groups is 1. The second-order valence-corrected chi connectivity index (χ2v) is 10.8. The van der Waals surface area contributed by atoms with Gasteiger partial charge in [-0.1, -0.05) is 60.7 Å². The number of likely N-dealkylation sites (tertiary alicyclic amines) is 1. The van der Waals surface area contributed by atoms with Crippen LogP contribution < -0.4 is 34.6 Å². The van der Waals surface area contributed by atoms with E-state index in [1.54, 1.807) is 0 Å². The van der Waals surface area contributed by atoms with Crippen LogP contribution in [0.5, 0.6) is 0 Å². The minimum absolute atomic E-state index is 0. The standard InChI is InChI=1S/C30H41N3O4.Li/c1-22(30(37,25-10-4-2-5-11-25)26-12-6-3-7-13-26)31-29(36)32-27-16-14-23(15-17-27)18-20-33-19-8-9-24(21-33)28(34)35;/h2-7,10-13,22-24,27,37H,8-9,14-21H2,1H3,(H,34,35)(H2,31,32,36);/q;+1/p-1/t22-,23?,24?,27?;/m0./s1. The van der Waals surface area contributed by atoms with Crippen molar-refractivity contribution in [3.63, 3.8) is 0 Å². The Labute approximate surface area is 238 Å². The zero-order valence-corrected chi connectivity index (χ0v) is 22.8. The Bertz CT molecular complexity index is 975. The first kappa shape index (κ1) is 30.2. The van der Waals surface area contributed by atoms with Crippen molar-refractivity contribution in [1.82, 2.24) is 15.5 Å². The van der Waals surface area contributed by atoms with E-state index in [0.29, 0.717) is 12.5 Å². The van der Waals surface area contributed by atoms with Gasteiger partial charge in [0.05, 0.1) is 6.04 Å². The SMILES string of the molecule is C[C@H](NC(=O)NC1CCC(CCN2CCCC(C(=O)[O-])C2)CC1)C(O)(c1ccccc1)c1ccccc1.[Li+]. The molecule has 0 aromatic heterocycles. The van der Waals surface area contributed by atoms with E-state index in [0.717, 1.165) is 69.2 Å². The third kappa shape index (κ3) is 7.63. The molecule has 1 heterocycles. The summed E-state index contributed by atoms with van der Waals surface area (Å²) >= 11 is 0. The molecule has 200 valence electrons. The monoisotopic (exact) mass is 513 g/mol. The van der Waals surface area contributed by atoms with Gasteiger partial charge in [-0.3, -0.25) is 0 Å². The summed E-state index contributed by atoms with van der Waals surface area (Å²) in [4.78, 5) is 26.4. The van der Waals surface area contributed by atoms with Crippen LogP contribution in [0.1, 0.15) is 63.0 Å². The Hall–Kier alpha value is -2.30. The average molecular weight is 514 g/mol. The molecule has 7 nitrogen and oxygen atoms in total. The molecule has 0 radical (unpaired) electrons. The summed E-state index contributed by atoms with van der Waals surface area (Å²) in [5, 5.41) is 29.2. The van der Waals surface area contributed by atoms with Gasteiger partial charge in [-0.2, -0.15) is 0 Å². The normalized spacial score (nSPS) is 23.1. The van der Waals surface area contributed by atoms with Crippen molar-refractivity contribution in [3.05, 3.63) is 71.8 Å². The molecular weight excluding hydrogens is 473 g/mol. The van der Waals surface area contributed by atoms with Crippen LogP contribution in [0, 0.1) is 11.8 Å². The minimum Gasteiger partial charge on any atom is -0.550 e. The molecule has 0 spiro atoms. The van der Waals surface area contributed by atoms with Gasteiger partial charge in [0.15, 0.2) is 0 Å². The summed E-state index contributed by atoms with van der Waals surface area (Å²) in [7, 11) is 0. The Morgan fingerprint density at radius 1 is 1.00 bits per heavy atom. The van der Waals surface area contributed by atoms with Crippen LogP contribution in [0.2, 0.25) is 0 Å². The van der Waals surface area contributed by atoms with Gasteiger partial charge in [-0.25, -0.2) is 4.79 Å². The molecule has 1 aliphatic carbocycles. The molecule has 8 heteroatoms. The molecule has 2 atom stereocenters. The van der Waals surface area contributed by atoms with Crippen molar-refractivity contribution >= 4 is 12.0 Å². The predicted molar refractivity (Wildman–Crippen MR) is 142 cm³/mol. The van der Waals surface area contributed by atoms with Crippen molar-refractivity contribution in [1.29, 1.82) is 0 Å². The molecule has 2 amide bonds. The zero-order chi connectivity index (χ0) is 26.3. The van der Waals surface area contributed by atoms with E-state index in [4.69, 9.17) is 0 Å². The van der Waals surface area contributed by atoms with Crippen LogP contribution in [-0.4, -0.2) is 53.7 Å². The van der Waals surface area contributed by atoms with Crippen LogP contribution in [0.15, 0.2) is 60.7 Å². The Morgan fingerprint density at radius 2 is 1.58 bits per heavy atom. The number of carboxylic acids is 1. The first-order valence-corrected chi connectivity index (χ1v) is 13.7. The fourth-order valence-corrected chi connectivity index (χ4v) is 5.99. The molecule has 3 N–H and O–H groups in total. The molecule has 1 saturated heterocycles. The summed E-state index contributed by atoms with van der Waals surface area (Å²) in [6.07, 6.45) is 6.67. The van der Waals surface area contributed by atoms with Crippen molar-refractivity contribution in [2.75, 3.05) is 19.6 Å². The molecule has 1 saturated carbocycles. The third-order valence-corrected chi connectivity index (χ3v) is 8.28. The van der Waals surface area contributed by atoms with Crippen molar-refractivity contribution in [2.45, 2.75) is 69.6 Å². The number of carbonyl (C=O) groups is 2. The first-order chi connectivity index (χ1) is 17.9. The molecule has 2 aliphatic rings. The predicted octanol–water partition coefficient (Wildman–Crippen LogP) is 0.0250. The van der Waals surface area contributed by atoms with E-state index in [1.807, 2.05) is 67.6 Å². The molecule has 2 fully saturated rings. The topological polar surface area (TPSA) is 105 Å². The van der Waals surface area contributed by atoms with Gasteiger partial charge in [-0.05, 0) is 82.0 Å². The maximum atomic E-state index is 12.9. The molecule has 1 unspecified atom stereocenters.